The maximum Gasteiger partial charge on any atom is 0.270 e. The van der Waals surface area contributed by atoms with Gasteiger partial charge in [-0.25, -0.2) is 0 Å². The Balaban J connectivity index is 0.00000116. The average molecular weight is 303 g/mol. The van der Waals surface area contributed by atoms with Crippen LogP contribution in [0.4, 0.5) is 5.69 Å². The zero-order valence-electron chi connectivity index (χ0n) is 13.5. The third kappa shape index (κ3) is 4.22. The third-order valence-electron chi connectivity index (χ3n) is 2.94. The molecule has 0 aliphatic rings. The lowest BCUT2D eigenvalue weighted by Gasteiger charge is -2.12. The molecule has 0 spiro atoms. The molecular weight excluding hydrogens is 282 g/mol. The fourth-order valence-corrected chi connectivity index (χ4v) is 1.96. The van der Waals surface area contributed by atoms with E-state index in [0.29, 0.717) is 11.5 Å². The Morgan fingerprint density at radius 3 is 1.82 bits per heavy atom. The van der Waals surface area contributed by atoms with Gasteiger partial charge in [0.15, 0.2) is 0 Å². The first-order valence-corrected chi connectivity index (χ1v) is 7.09. The highest BCUT2D eigenvalue weighted by Crippen LogP contribution is 2.32. The lowest BCUT2D eigenvalue weighted by Crippen LogP contribution is -1.95. The first-order chi connectivity index (χ1) is 10.5. The second-order valence-corrected chi connectivity index (χ2v) is 4.44. The van der Waals surface area contributed by atoms with E-state index < -0.39 is 4.92 Å². The molecule has 0 N–H and O–H groups in total. The molecule has 0 aromatic heterocycles. The molecule has 5 nitrogen and oxygen atoms in total. The summed E-state index contributed by atoms with van der Waals surface area (Å²) in [5, 5.41) is 10.8. The molecule has 0 saturated heterocycles. The van der Waals surface area contributed by atoms with Gasteiger partial charge in [0.1, 0.15) is 17.2 Å². The van der Waals surface area contributed by atoms with E-state index in [-0.39, 0.29) is 5.69 Å². The largest absolute Gasteiger partial charge is 0.497 e. The Hall–Kier alpha value is -2.56. The van der Waals surface area contributed by atoms with Crippen molar-refractivity contribution in [1.29, 1.82) is 0 Å². The molecule has 22 heavy (non-hydrogen) atoms. The molecule has 2 aromatic rings. The average Bonchev–Trinajstić information content (AvgIpc) is 2.53. The summed E-state index contributed by atoms with van der Waals surface area (Å²) in [6, 6.07) is 10.2. The van der Waals surface area contributed by atoms with Crippen LogP contribution in [0.5, 0.6) is 17.2 Å². The molecule has 0 amide bonds. The van der Waals surface area contributed by atoms with Crippen molar-refractivity contribution < 1.29 is 14.4 Å². The fraction of sp³-hybridized carbons (Fsp3) is 0.294. The number of ether oxygens (including phenoxy) is 2. The van der Waals surface area contributed by atoms with E-state index in [2.05, 4.69) is 0 Å². The molecule has 2 aromatic carbocycles. The molecular formula is C17H21NO4. The topological polar surface area (TPSA) is 61.6 Å². The maximum absolute atomic E-state index is 10.8. The highest BCUT2D eigenvalue weighted by Gasteiger charge is 2.13. The number of methoxy groups -OCH3 is 1. The van der Waals surface area contributed by atoms with Crippen LogP contribution in [0, 0.1) is 24.0 Å². The Bertz CT molecular complexity index is 613. The Labute approximate surface area is 130 Å². The predicted octanol–water partition coefficient (Wildman–Crippen LogP) is 5.04. The van der Waals surface area contributed by atoms with Crippen molar-refractivity contribution in [3.63, 3.8) is 0 Å². The SMILES string of the molecule is CC.COc1ccc(Oc2c(C)cc([N+](=O)[O-])cc2C)cc1. The van der Waals surface area contributed by atoms with Crippen molar-refractivity contribution in [1.82, 2.24) is 0 Å². The second-order valence-electron chi connectivity index (χ2n) is 4.44. The van der Waals surface area contributed by atoms with Crippen molar-refractivity contribution in [2.75, 3.05) is 7.11 Å². The highest BCUT2D eigenvalue weighted by atomic mass is 16.6. The van der Waals surface area contributed by atoms with Crippen LogP contribution in [-0.2, 0) is 0 Å². The molecule has 2 rings (SSSR count). The van der Waals surface area contributed by atoms with Gasteiger partial charge in [-0.2, -0.15) is 0 Å². The first kappa shape index (κ1) is 17.5. The van der Waals surface area contributed by atoms with Crippen LogP contribution in [-0.4, -0.2) is 12.0 Å². The smallest absolute Gasteiger partial charge is 0.270 e. The van der Waals surface area contributed by atoms with Gasteiger partial charge >= 0.3 is 0 Å². The standard InChI is InChI=1S/C15H15NO4.C2H6/c1-10-8-12(16(17)18)9-11(2)15(10)20-14-6-4-13(19-3)5-7-14;1-2/h4-9H,1-3H3;1-2H3. The van der Waals surface area contributed by atoms with Gasteiger partial charge in [0.05, 0.1) is 12.0 Å². The molecule has 0 bridgehead atoms. The number of non-ortho nitro benzene ring substituents is 1. The minimum Gasteiger partial charge on any atom is -0.497 e. The summed E-state index contributed by atoms with van der Waals surface area (Å²) in [7, 11) is 1.60. The summed E-state index contributed by atoms with van der Waals surface area (Å²) >= 11 is 0. The van der Waals surface area contributed by atoms with Gasteiger partial charge in [0.2, 0.25) is 0 Å². The van der Waals surface area contributed by atoms with E-state index in [1.807, 2.05) is 13.8 Å². The van der Waals surface area contributed by atoms with E-state index in [9.17, 15) is 10.1 Å². The zero-order valence-corrected chi connectivity index (χ0v) is 13.5. The fourth-order valence-electron chi connectivity index (χ4n) is 1.96. The summed E-state index contributed by atoms with van der Waals surface area (Å²) in [4.78, 5) is 10.4. The number of nitro benzene ring substituents is 1. The van der Waals surface area contributed by atoms with Crippen molar-refractivity contribution in [3.8, 4) is 17.2 Å². The van der Waals surface area contributed by atoms with Crippen LogP contribution in [0.25, 0.3) is 0 Å². The molecule has 0 heterocycles. The van der Waals surface area contributed by atoms with E-state index in [1.54, 1.807) is 45.2 Å². The molecule has 0 fully saturated rings. The Kier molecular flexibility index (Phi) is 6.38. The van der Waals surface area contributed by atoms with Crippen molar-refractivity contribution in [3.05, 3.63) is 57.6 Å². The maximum atomic E-state index is 10.8. The normalized spacial score (nSPS) is 9.50. The Morgan fingerprint density at radius 1 is 0.955 bits per heavy atom. The number of benzene rings is 2. The molecule has 0 saturated carbocycles. The second kappa shape index (κ2) is 8.02. The van der Waals surface area contributed by atoms with Gasteiger partial charge in [-0.15, -0.1) is 0 Å². The lowest BCUT2D eigenvalue weighted by atomic mass is 10.1. The minimum atomic E-state index is -0.406. The number of hydrogen-bond acceptors (Lipinski definition) is 4. The van der Waals surface area contributed by atoms with E-state index in [4.69, 9.17) is 9.47 Å². The molecule has 0 aliphatic heterocycles. The minimum absolute atomic E-state index is 0.0714. The van der Waals surface area contributed by atoms with Crippen LogP contribution >= 0.6 is 0 Å². The Morgan fingerprint density at radius 2 is 1.41 bits per heavy atom. The van der Waals surface area contributed by atoms with E-state index in [1.165, 1.54) is 12.1 Å². The molecule has 0 atom stereocenters. The first-order valence-electron chi connectivity index (χ1n) is 7.09. The predicted molar refractivity (Wildman–Crippen MR) is 87.0 cm³/mol. The number of hydrogen-bond donors (Lipinski definition) is 0. The number of aryl methyl sites for hydroxylation is 2. The number of nitro groups is 1. The van der Waals surface area contributed by atoms with Gasteiger partial charge in [0, 0.05) is 12.1 Å². The van der Waals surface area contributed by atoms with Crippen LogP contribution in [0.1, 0.15) is 25.0 Å². The van der Waals surface area contributed by atoms with Gasteiger partial charge in [0.25, 0.3) is 5.69 Å². The molecule has 118 valence electrons. The van der Waals surface area contributed by atoms with Crippen molar-refractivity contribution in [2.45, 2.75) is 27.7 Å². The summed E-state index contributed by atoms with van der Waals surface area (Å²) in [6.07, 6.45) is 0. The van der Waals surface area contributed by atoms with E-state index >= 15 is 0 Å². The van der Waals surface area contributed by atoms with Gasteiger partial charge in [-0.05, 0) is 49.2 Å². The van der Waals surface area contributed by atoms with Crippen molar-refractivity contribution >= 4 is 5.69 Å². The molecule has 0 unspecified atom stereocenters. The van der Waals surface area contributed by atoms with E-state index in [0.717, 1.165) is 16.9 Å². The molecule has 0 radical (unpaired) electrons. The summed E-state index contributed by atoms with van der Waals surface area (Å²) in [6.45, 7) is 7.58. The quantitative estimate of drug-likeness (QED) is 0.586. The van der Waals surface area contributed by atoms with Crippen molar-refractivity contribution in [2.24, 2.45) is 0 Å². The van der Waals surface area contributed by atoms with Crippen LogP contribution in [0.2, 0.25) is 0 Å². The molecule has 0 aliphatic carbocycles. The van der Waals surface area contributed by atoms with Gasteiger partial charge in [-0.3, -0.25) is 10.1 Å². The third-order valence-corrected chi connectivity index (χ3v) is 2.94. The lowest BCUT2D eigenvalue weighted by molar-refractivity contribution is -0.385. The zero-order chi connectivity index (χ0) is 16.7. The number of rotatable bonds is 4. The summed E-state index contributed by atoms with van der Waals surface area (Å²) in [5.41, 5.74) is 1.53. The van der Waals surface area contributed by atoms with Crippen LogP contribution in [0.15, 0.2) is 36.4 Å². The summed E-state index contributed by atoms with van der Waals surface area (Å²) < 4.78 is 10.9. The van der Waals surface area contributed by atoms with Crippen LogP contribution < -0.4 is 9.47 Å². The number of nitrogens with zero attached hydrogens (tertiary/aromatic N) is 1. The highest BCUT2D eigenvalue weighted by molar-refractivity contribution is 5.50. The van der Waals surface area contributed by atoms with Gasteiger partial charge in [-0.1, -0.05) is 13.8 Å². The van der Waals surface area contributed by atoms with Gasteiger partial charge < -0.3 is 9.47 Å². The summed E-state index contributed by atoms with van der Waals surface area (Å²) in [5.74, 6) is 2.04. The molecule has 5 heteroatoms. The monoisotopic (exact) mass is 303 g/mol. The van der Waals surface area contributed by atoms with Crippen LogP contribution in [0.3, 0.4) is 0 Å².